The highest BCUT2D eigenvalue weighted by Gasteiger charge is 2.44. The Kier molecular flexibility index (Phi) is 6.62. The molecule has 1 unspecified atom stereocenters. The summed E-state index contributed by atoms with van der Waals surface area (Å²) in [4.78, 5) is 0. The molecule has 7 nitrogen and oxygen atoms in total. The van der Waals surface area contributed by atoms with Crippen molar-refractivity contribution in [2.24, 2.45) is 11.8 Å². The van der Waals surface area contributed by atoms with Gasteiger partial charge in [-0.1, -0.05) is 11.6 Å². The van der Waals surface area contributed by atoms with Crippen LogP contribution in [0.25, 0.3) is 16.6 Å². The zero-order valence-electron chi connectivity index (χ0n) is 19.2. The Morgan fingerprint density at radius 3 is 2.54 bits per heavy atom. The van der Waals surface area contributed by atoms with E-state index in [9.17, 15) is 13.7 Å². The highest BCUT2D eigenvalue weighted by molar-refractivity contribution is 7.88. The molecule has 5 rings (SSSR count). The van der Waals surface area contributed by atoms with Crippen LogP contribution in [0.15, 0.2) is 42.6 Å². The van der Waals surface area contributed by atoms with Crippen molar-refractivity contribution < 1.29 is 17.9 Å². The fraction of sp³-hybridized carbons (Fsp3) is 0.400. The molecule has 3 aromatic rings. The Morgan fingerprint density at radius 1 is 1.14 bits per heavy atom. The number of halogens is 2. The molecule has 10 heteroatoms. The molecule has 1 aliphatic carbocycles. The van der Waals surface area contributed by atoms with Crippen LogP contribution in [0, 0.1) is 23.2 Å². The third kappa shape index (κ3) is 4.83. The monoisotopic (exact) mass is 533 g/mol. The van der Waals surface area contributed by atoms with Crippen LogP contribution in [0.1, 0.15) is 18.4 Å². The highest BCUT2D eigenvalue weighted by atomic mass is 35.5. The van der Waals surface area contributed by atoms with Crippen molar-refractivity contribution in [2.45, 2.75) is 18.9 Å². The van der Waals surface area contributed by atoms with E-state index in [1.54, 1.807) is 16.4 Å². The lowest BCUT2D eigenvalue weighted by Gasteiger charge is -2.18. The Labute approximate surface area is 214 Å². The Bertz CT molecular complexity index is 1400. The number of fused-ring (bicyclic) bond motifs is 2. The van der Waals surface area contributed by atoms with Gasteiger partial charge in [0.25, 0.3) is 0 Å². The molecule has 1 aromatic heterocycles. The van der Waals surface area contributed by atoms with Crippen molar-refractivity contribution in [3.8, 4) is 23.3 Å². The number of benzene rings is 2. The van der Waals surface area contributed by atoms with E-state index in [0.29, 0.717) is 47.1 Å². The molecule has 2 fully saturated rings. The van der Waals surface area contributed by atoms with Gasteiger partial charge in [-0.05, 0) is 61.1 Å². The molecule has 1 saturated carbocycles. The van der Waals surface area contributed by atoms with Crippen LogP contribution in [0.2, 0.25) is 5.02 Å². The first kappa shape index (κ1) is 24.3. The zero-order chi connectivity index (χ0) is 24.7. The smallest absolute Gasteiger partial charge is 0.211 e. The van der Waals surface area contributed by atoms with Crippen LogP contribution in [-0.2, 0) is 10.0 Å². The maximum atomic E-state index is 11.8. The van der Waals surface area contributed by atoms with Crippen LogP contribution in [0.3, 0.4) is 0 Å². The average Bonchev–Trinajstić information content (AvgIpc) is 3.50. The topological polar surface area (TPSA) is 84.6 Å². The summed E-state index contributed by atoms with van der Waals surface area (Å²) in [5.41, 5.74) is 2.06. The van der Waals surface area contributed by atoms with E-state index in [1.807, 2.05) is 35.0 Å². The molecule has 0 radical (unpaired) electrons. The predicted octanol–water partition coefficient (Wildman–Crippen LogP) is 4.82. The SMILES string of the molecule is CS(=O)(=O)N1C[C@H]2CC(Oc3ccc4c(ccn4-c4cc(Cl)c(OCCCl)c(C#N)c4)c3)C[C@H]2C1. The van der Waals surface area contributed by atoms with E-state index in [-0.39, 0.29) is 12.7 Å². The van der Waals surface area contributed by atoms with Crippen molar-refractivity contribution in [3.63, 3.8) is 0 Å². The van der Waals surface area contributed by atoms with E-state index in [0.717, 1.165) is 35.2 Å². The van der Waals surface area contributed by atoms with Crippen LogP contribution < -0.4 is 9.47 Å². The molecule has 1 saturated heterocycles. The molecule has 0 bridgehead atoms. The molecule has 0 amide bonds. The number of sulfonamides is 1. The number of hydrogen-bond donors (Lipinski definition) is 0. The molecule has 2 aromatic carbocycles. The minimum atomic E-state index is -3.13. The first-order valence-corrected chi connectivity index (χ1v) is 14.2. The van der Waals surface area contributed by atoms with Gasteiger partial charge < -0.3 is 14.0 Å². The maximum absolute atomic E-state index is 11.8. The van der Waals surface area contributed by atoms with E-state index in [1.165, 1.54) is 6.26 Å². The van der Waals surface area contributed by atoms with Gasteiger partial charge in [-0.15, -0.1) is 11.6 Å². The van der Waals surface area contributed by atoms with Crippen molar-refractivity contribution >= 4 is 44.1 Å². The van der Waals surface area contributed by atoms with Gasteiger partial charge in [0.1, 0.15) is 18.4 Å². The molecule has 2 heterocycles. The van der Waals surface area contributed by atoms with Gasteiger partial charge in [-0.3, -0.25) is 0 Å². The summed E-state index contributed by atoms with van der Waals surface area (Å²) >= 11 is 12.1. The number of hydrogen-bond acceptors (Lipinski definition) is 5. The van der Waals surface area contributed by atoms with Crippen molar-refractivity contribution in [3.05, 3.63) is 53.2 Å². The largest absolute Gasteiger partial charge is 0.490 e. The first-order valence-electron chi connectivity index (χ1n) is 11.4. The van der Waals surface area contributed by atoms with Gasteiger partial charge in [0.2, 0.25) is 10.0 Å². The third-order valence-corrected chi connectivity index (χ3v) is 8.53. The summed E-state index contributed by atoms with van der Waals surface area (Å²) in [6.45, 7) is 1.45. The normalized spacial score (nSPS) is 22.3. The van der Waals surface area contributed by atoms with Crippen molar-refractivity contribution in [1.82, 2.24) is 8.87 Å². The summed E-state index contributed by atoms with van der Waals surface area (Å²) in [5.74, 6) is 2.15. The lowest BCUT2D eigenvalue weighted by atomic mass is 10.0. The number of alkyl halides is 1. The molecule has 184 valence electrons. The summed E-state index contributed by atoms with van der Waals surface area (Å²) in [7, 11) is -3.13. The minimum Gasteiger partial charge on any atom is -0.490 e. The molecule has 3 atom stereocenters. The van der Waals surface area contributed by atoms with Crippen molar-refractivity contribution in [2.75, 3.05) is 31.8 Å². The first-order chi connectivity index (χ1) is 16.8. The predicted molar refractivity (Wildman–Crippen MR) is 136 cm³/mol. The fourth-order valence-corrected chi connectivity index (χ4v) is 6.54. The van der Waals surface area contributed by atoms with Crippen LogP contribution >= 0.6 is 23.2 Å². The van der Waals surface area contributed by atoms with E-state index in [2.05, 4.69) is 6.07 Å². The quantitative estimate of drug-likeness (QED) is 0.406. The van der Waals surface area contributed by atoms with Gasteiger partial charge in [-0.25, -0.2) is 12.7 Å². The van der Waals surface area contributed by atoms with Gasteiger partial charge in [0.15, 0.2) is 5.75 Å². The van der Waals surface area contributed by atoms with Crippen molar-refractivity contribution in [1.29, 1.82) is 5.26 Å². The summed E-state index contributed by atoms with van der Waals surface area (Å²) in [6, 6.07) is 13.6. The van der Waals surface area contributed by atoms with Crippen LogP contribution in [0.5, 0.6) is 11.5 Å². The molecule has 0 spiro atoms. The van der Waals surface area contributed by atoms with Gasteiger partial charge in [0, 0.05) is 30.4 Å². The molecule has 0 N–H and O–H groups in total. The summed E-state index contributed by atoms with van der Waals surface area (Å²) in [6.07, 6.45) is 5.03. The van der Waals surface area contributed by atoms with Gasteiger partial charge in [0.05, 0.1) is 34.3 Å². The molecule has 35 heavy (non-hydrogen) atoms. The van der Waals surface area contributed by atoms with E-state index < -0.39 is 10.0 Å². The Hall–Kier alpha value is -2.44. The van der Waals surface area contributed by atoms with E-state index >= 15 is 0 Å². The Balaban J connectivity index is 1.33. The number of aromatic nitrogens is 1. The van der Waals surface area contributed by atoms with Gasteiger partial charge >= 0.3 is 0 Å². The molecule has 2 aliphatic rings. The number of nitrogens with zero attached hydrogens (tertiary/aromatic N) is 3. The molecular weight excluding hydrogens is 509 g/mol. The lowest BCUT2D eigenvalue weighted by Crippen LogP contribution is -2.29. The molecular formula is C25H25Cl2N3O4S. The summed E-state index contributed by atoms with van der Waals surface area (Å²) in [5, 5.41) is 10.9. The zero-order valence-corrected chi connectivity index (χ0v) is 21.5. The number of rotatable bonds is 7. The fourth-order valence-electron chi connectivity index (χ4n) is 5.27. The number of ether oxygens (including phenoxy) is 2. The second-order valence-electron chi connectivity index (χ2n) is 9.17. The maximum Gasteiger partial charge on any atom is 0.211 e. The second kappa shape index (κ2) is 9.55. The highest BCUT2D eigenvalue weighted by Crippen LogP contribution is 2.41. The minimum absolute atomic E-state index is 0.0868. The Morgan fingerprint density at radius 2 is 1.89 bits per heavy atom. The number of nitriles is 1. The molecule has 1 aliphatic heterocycles. The van der Waals surface area contributed by atoms with Crippen LogP contribution in [0.4, 0.5) is 0 Å². The lowest BCUT2D eigenvalue weighted by molar-refractivity contribution is 0.195. The van der Waals surface area contributed by atoms with Crippen LogP contribution in [-0.4, -0.2) is 55.2 Å². The van der Waals surface area contributed by atoms with Gasteiger partial charge in [-0.2, -0.15) is 5.26 Å². The second-order valence-corrected chi connectivity index (χ2v) is 11.9. The van der Waals surface area contributed by atoms with E-state index in [4.69, 9.17) is 32.7 Å². The average molecular weight is 534 g/mol. The third-order valence-electron chi connectivity index (χ3n) is 6.86. The standard InChI is InChI=1S/C25H25Cl2N3O4S/c1-35(31,32)29-14-18-10-22(11-19(18)15-29)34-21-2-3-24-16(9-21)4-6-30(24)20-8-17(13-28)25(23(27)12-20)33-7-5-26/h2-4,6,8-9,12,18-19,22H,5,7,10-11,14-15H2,1H3/t18-,19+,22?. The summed E-state index contributed by atoms with van der Waals surface area (Å²) < 4.78 is 39.1.